The van der Waals surface area contributed by atoms with Crippen LogP contribution in [0.2, 0.25) is 0 Å². The van der Waals surface area contributed by atoms with Crippen molar-refractivity contribution >= 4 is 40.7 Å². The summed E-state index contributed by atoms with van der Waals surface area (Å²) in [6, 6.07) is 3.30. The molecule has 3 aromatic rings. The second kappa shape index (κ2) is 27.8. The highest BCUT2D eigenvalue weighted by Crippen LogP contribution is 2.35. The number of rotatable bonds is 10. The Kier molecular flexibility index (Phi) is 23.6. The van der Waals surface area contributed by atoms with Crippen molar-refractivity contribution in [3.63, 3.8) is 0 Å². The molecule has 0 aliphatic carbocycles. The lowest BCUT2D eigenvalue weighted by atomic mass is 9.97. The van der Waals surface area contributed by atoms with Crippen molar-refractivity contribution in [3.8, 4) is 0 Å². The number of aromatic nitrogens is 6. The molecule has 3 aromatic heterocycles. The summed E-state index contributed by atoms with van der Waals surface area (Å²) < 4.78 is 40.8. The number of carbonyl (C=O) groups is 5. The van der Waals surface area contributed by atoms with Gasteiger partial charge >= 0.3 is 40.9 Å². The zero-order chi connectivity index (χ0) is 62.9. The predicted octanol–water partition coefficient (Wildman–Crippen LogP) is -0.370. The molecule has 0 saturated carbocycles. The first-order chi connectivity index (χ1) is 37.4. The number of esters is 4. The first kappa shape index (κ1) is 69.8. The molecule has 6 rings (SSSR count). The van der Waals surface area contributed by atoms with E-state index in [9.17, 15) is 73.2 Å². The third kappa shape index (κ3) is 19.1. The largest absolute Gasteiger partial charge is 0.462 e. The molecular weight excluding hydrogens is 1110 g/mol. The van der Waals surface area contributed by atoms with Gasteiger partial charge in [0, 0.05) is 42.2 Å². The number of ether oxygens (including phenoxy) is 7. The van der Waals surface area contributed by atoms with Gasteiger partial charge in [-0.3, -0.25) is 67.0 Å². The molecule has 3 fully saturated rings. The SMILES string of the molecule is CC(C)(C)C(=O)Cl.CC(C)(C)C(=O)OC[C@H]1O[C@@H](n2ccc(=O)[nH]c2=O)[C@H](O)[C@@H]1OC(=O)C(C)(C)C.CC(C)(C)C(=O)OC[C@H]1O[C@@H](n2ccc(=O)[nH]c2=O)[C@H](OC(=O)C(C)(C)C)[C@@H]1O.O=c1ccn([C@@H]2O[C@H](CO)[C@@H](O)[C@H]2O)c(=O)[nH]1. The molecule has 0 amide bonds. The Balaban J connectivity index is 0.000000313. The molecule has 12 atom stereocenters. The lowest BCUT2D eigenvalue weighted by Gasteiger charge is -2.25. The van der Waals surface area contributed by atoms with Crippen LogP contribution in [0.5, 0.6) is 0 Å². The zero-order valence-electron chi connectivity index (χ0n) is 48.3. The average Bonchev–Trinajstić information content (AvgIpc) is 4.14. The molecule has 460 valence electrons. The van der Waals surface area contributed by atoms with E-state index in [4.69, 9.17) is 49.9 Å². The van der Waals surface area contributed by atoms with Gasteiger partial charge in [0.2, 0.25) is 5.24 Å². The van der Waals surface area contributed by atoms with E-state index in [1.165, 1.54) is 12.4 Å². The highest BCUT2D eigenvalue weighted by atomic mass is 35.5. The molecule has 30 heteroatoms. The number of hydrogen-bond acceptors (Lipinski definition) is 23. The quantitative estimate of drug-likeness (QED) is 0.0729. The van der Waals surface area contributed by atoms with Gasteiger partial charge in [0.15, 0.2) is 30.9 Å². The molecule has 0 aromatic carbocycles. The predicted molar refractivity (Wildman–Crippen MR) is 287 cm³/mol. The first-order valence-corrected chi connectivity index (χ1v) is 26.0. The first-order valence-electron chi connectivity index (χ1n) is 25.6. The van der Waals surface area contributed by atoms with Gasteiger partial charge in [-0.2, -0.15) is 0 Å². The van der Waals surface area contributed by atoms with Gasteiger partial charge in [0.05, 0.1) is 28.3 Å². The van der Waals surface area contributed by atoms with Crippen LogP contribution in [0, 0.1) is 27.1 Å². The van der Waals surface area contributed by atoms with Gasteiger partial charge < -0.3 is 58.7 Å². The Labute approximate surface area is 474 Å². The second-order valence-electron chi connectivity index (χ2n) is 24.4. The molecule has 0 radical (unpaired) electrons. The summed E-state index contributed by atoms with van der Waals surface area (Å²) in [7, 11) is 0. The van der Waals surface area contributed by atoms with Crippen LogP contribution < -0.4 is 33.7 Å². The topological polar surface area (TPSA) is 416 Å². The summed E-state index contributed by atoms with van der Waals surface area (Å²) in [5, 5.41) is 49.2. The number of hydrogen-bond donors (Lipinski definition) is 8. The van der Waals surface area contributed by atoms with Gasteiger partial charge in [-0.25, -0.2) is 14.4 Å². The molecule has 82 heavy (non-hydrogen) atoms. The van der Waals surface area contributed by atoms with Crippen LogP contribution in [0.4, 0.5) is 0 Å². The molecule has 3 aliphatic rings. The Bertz CT molecular complexity index is 3070. The van der Waals surface area contributed by atoms with E-state index in [1.807, 2.05) is 4.98 Å². The van der Waals surface area contributed by atoms with Crippen molar-refractivity contribution in [3.05, 3.63) is 99.3 Å². The maximum atomic E-state index is 12.4. The van der Waals surface area contributed by atoms with Crippen LogP contribution in [-0.2, 0) is 57.1 Å². The van der Waals surface area contributed by atoms with Gasteiger partial charge in [0.25, 0.3) is 16.7 Å². The van der Waals surface area contributed by atoms with Crippen LogP contribution >= 0.6 is 11.6 Å². The summed E-state index contributed by atoms with van der Waals surface area (Å²) >= 11 is 5.11. The minimum absolute atomic E-state index is 0.285. The summed E-state index contributed by atoms with van der Waals surface area (Å²) in [5.41, 5.74) is -7.73. The van der Waals surface area contributed by atoms with Crippen LogP contribution in [0.25, 0.3) is 0 Å². The fourth-order valence-corrected chi connectivity index (χ4v) is 6.78. The highest BCUT2D eigenvalue weighted by Gasteiger charge is 2.51. The van der Waals surface area contributed by atoms with E-state index >= 15 is 0 Å². The van der Waals surface area contributed by atoms with Crippen molar-refractivity contribution in [2.24, 2.45) is 27.1 Å². The van der Waals surface area contributed by atoms with E-state index in [-0.39, 0.29) is 23.9 Å². The Morgan fingerprint density at radius 3 is 1.11 bits per heavy atom. The molecule has 29 nitrogen and oxygen atoms in total. The Hall–Kier alpha value is -6.44. The summed E-state index contributed by atoms with van der Waals surface area (Å²) in [6.07, 6.45) is -10.9. The molecule has 0 unspecified atom stereocenters. The van der Waals surface area contributed by atoms with Crippen LogP contribution in [0.15, 0.2) is 65.6 Å². The standard InChI is InChI=1S/2C19H28N2O8.C9H12N2O6.C5H9ClO/c1-18(2,3)15(24)27-9-10-13(29-16(25)19(4,5)6)12(23)14(28-10)21-8-7-11(22)20-17(21)26;1-18(2,3)15(24)27-9-10-12(23)13(29-16(25)19(4,5)6)14(28-10)21-8-7-11(22)20-17(21)26;12-3-4-6(14)7(15)8(17-4)11-2-1-5(13)10-9(11)16;1-5(2,3)4(6)7/h2*7-8,10,12-14,23H,9H2,1-6H3,(H,20,22,26);1-2,4,6-8,12,14-15H,3H2,(H,10,13,16);1-3H3/t2*10-,12-,13-,14-;4-,6-,7-,8-;/m111./s1. The van der Waals surface area contributed by atoms with E-state index in [1.54, 1.807) is 104 Å². The summed E-state index contributed by atoms with van der Waals surface area (Å²) in [5.74, 6) is -2.20. The zero-order valence-corrected chi connectivity index (χ0v) is 49.1. The second-order valence-corrected chi connectivity index (χ2v) is 24.7. The fraction of sp³-hybridized carbons (Fsp3) is 0.673. The molecule has 0 spiro atoms. The van der Waals surface area contributed by atoms with Gasteiger partial charge in [-0.1, -0.05) is 20.8 Å². The van der Waals surface area contributed by atoms with Crippen molar-refractivity contribution in [2.75, 3.05) is 19.8 Å². The molecule has 6 heterocycles. The van der Waals surface area contributed by atoms with Crippen LogP contribution in [-0.4, -0.2) is 158 Å². The number of aliphatic hydroxyl groups excluding tert-OH is 5. The van der Waals surface area contributed by atoms with Gasteiger partial charge in [0.1, 0.15) is 55.9 Å². The van der Waals surface area contributed by atoms with Crippen molar-refractivity contribution < 1.29 is 82.7 Å². The van der Waals surface area contributed by atoms with E-state index in [2.05, 4.69) is 9.97 Å². The lowest BCUT2D eigenvalue weighted by Crippen LogP contribution is -2.42. The van der Waals surface area contributed by atoms with E-state index < -0.39 is 160 Å². The minimum atomic E-state index is -1.43. The number of aliphatic hydroxyl groups is 5. The smallest absolute Gasteiger partial charge is 0.330 e. The van der Waals surface area contributed by atoms with Gasteiger partial charge in [-0.15, -0.1) is 0 Å². The number of H-pyrrole nitrogens is 3. The molecule has 8 N–H and O–H groups in total. The highest BCUT2D eigenvalue weighted by molar-refractivity contribution is 6.64. The monoisotopic (exact) mass is 1190 g/mol. The molecule has 0 bridgehead atoms. The maximum Gasteiger partial charge on any atom is 0.330 e. The van der Waals surface area contributed by atoms with Crippen LogP contribution in [0.3, 0.4) is 0 Å². The summed E-state index contributed by atoms with van der Waals surface area (Å²) in [4.78, 5) is 134. The average molecular weight is 1190 g/mol. The Morgan fingerprint density at radius 2 is 0.780 bits per heavy atom. The van der Waals surface area contributed by atoms with Crippen molar-refractivity contribution in [1.29, 1.82) is 0 Å². The normalized spacial score (nSPS) is 25.4. The third-order valence-corrected chi connectivity index (χ3v) is 12.4. The number of halogens is 1. The minimum Gasteiger partial charge on any atom is -0.462 e. The number of nitrogens with zero attached hydrogens (tertiary/aromatic N) is 3. The van der Waals surface area contributed by atoms with E-state index in [0.717, 1.165) is 38.1 Å². The Morgan fingerprint density at radius 1 is 0.463 bits per heavy atom. The molecular formula is C52H77ClN6O23. The van der Waals surface area contributed by atoms with Crippen molar-refractivity contribution in [1.82, 2.24) is 28.7 Å². The number of nitrogens with one attached hydrogen (secondary N) is 3. The summed E-state index contributed by atoms with van der Waals surface area (Å²) in [6.45, 7) is 24.2. The maximum absolute atomic E-state index is 12.4. The number of aromatic amines is 3. The van der Waals surface area contributed by atoms with Crippen LogP contribution in [0.1, 0.15) is 123 Å². The van der Waals surface area contributed by atoms with E-state index in [0.29, 0.717) is 0 Å². The molecule has 3 aliphatic heterocycles. The fourth-order valence-electron chi connectivity index (χ4n) is 6.78. The number of carbonyl (C=O) groups excluding carboxylic acids is 5. The lowest BCUT2D eigenvalue weighted by molar-refractivity contribution is -0.170. The van der Waals surface area contributed by atoms with Gasteiger partial charge in [-0.05, 0) is 94.7 Å². The van der Waals surface area contributed by atoms with Crippen molar-refractivity contribution in [2.45, 2.75) is 177 Å². The molecule has 3 saturated heterocycles. The third-order valence-electron chi connectivity index (χ3n) is 11.8.